The molecule has 0 aliphatic rings. The number of carbonyl (C=O) groups is 1. The van der Waals surface area contributed by atoms with Gasteiger partial charge in [-0.15, -0.1) is 0 Å². The summed E-state index contributed by atoms with van der Waals surface area (Å²) in [5, 5.41) is 11.5. The van der Waals surface area contributed by atoms with Crippen LogP contribution in [0.4, 0.5) is 10.2 Å². The van der Waals surface area contributed by atoms with Gasteiger partial charge in [0.05, 0.1) is 12.2 Å². The minimum Gasteiger partial charge on any atom is -0.480 e. The summed E-state index contributed by atoms with van der Waals surface area (Å²) in [7, 11) is -4.20. The first-order valence-corrected chi connectivity index (χ1v) is 12.2. The Morgan fingerprint density at radius 1 is 1.00 bits per heavy atom. The second-order valence-electron chi connectivity index (χ2n) is 8.91. The molecule has 180 valence electrons. The van der Waals surface area contributed by atoms with Gasteiger partial charge in [0.25, 0.3) is 0 Å². The molecule has 0 radical (unpaired) electrons. The van der Waals surface area contributed by atoms with Gasteiger partial charge in [0.2, 0.25) is 10.0 Å². The summed E-state index contributed by atoms with van der Waals surface area (Å²) in [5.41, 5.74) is 2.19. The molecule has 0 atom stereocenters. The number of nitrogens with zero attached hydrogens (tertiary/aromatic N) is 2. The highest BCUT2D eigenvalue weighted by molar-refractivity contribution is 7.89. The molecule has 34 heavy (non-hydrogen) atoms. The molecule has 9 heteroatoms. The second-order valence-corrected chi connectivity index (χ2v) is 10.8. The topological polar surface area (TPSA) is 99.6 Å². The lowest BCUT2D eigenvalue weighted by molar-refractivity contribution is -0.134. The van der Waals surface area contributed by atoms with Gasteiger partial charge in [-0.2, -0.15) is 4.31 Å². The summed E-state index contributed by atoms with van der Waals surface area (Å²) in [6.07, 6.45) is 0. The van der Waals surface area contributed by atoms with E-state index < -0.39 is 26.7 Å². The molecule has 2 N–H and O–H groups in total. The van der Waals surface area contributed by atoms with Gasteiger partial charge in [0, 0.05) is 6.54 Å². The molecule has 7 nitrogen and oxygen atoms in total. The standard InChI is InChI=1S/C25H28FN3O4S/c1-25(2,3)19-13-11-18(12-14-19)16-29(34(32,33)22-9-5-4-8-21(22)26)17-20-7-6-10-23(28-20)27-15-24(30)31/h4-14H,15-17H2,1-3H3,(H,27,28)(H,30,31). The summed E-state index contributed by atoms with van der Waals surface area (Å²) in [6.45, 7) is 5.83. The molecular formula is C25H28FN3O4S. The van der Waals surface area contributed by atoms with Crippen molar-refractivity contribution in [2.75, 3.05) is 11.9 Å². The Labute approximate surface area is 199 Å². The number of hydrogen-bond acceptors (Lipinski definition) is 5. The van der Waals surface area contributed by atoms with Gasteiger partial charge in [-0.3, -0.25) is 4.79 Å². The van der Waals surface area contributed by atoms with Gasteiger partial charge in [-0.05, 0) is 40.8 Å². The highest BCUT2D eigenvalue weighted by Gasteiger charge is 2.28. The summed E-state index contributed by atoms with van der Waals surface area (Å²) in [4.78, 5) is 14.7. The third kappa shape index (κ3) is 6.39. The number of nitrogens with one attached hydrogen (secondary N) is 1. The average molecular weight is 486 g/mol. The van der Waals surface area contributed by atoms with Crippen molar-refractivity contribution in [3.8, 4) is 0 Å². The molecule has 0 unspecified atom stereocenters. The molecule has 0 saturated carbocycles. The third-order valence-electron chi connectivity index (χ3n) is 5.20. The molecule has 0 spiro atoms. The highest BCUT2D eigenvalue weighted by Crippen LogP contribution is 2.26. The number of aromatic nitrogens is 1. The first-order chi connectivity index (χ1) is 16.0. The summed E-state index contributed by atoms with van der Waals surface area (Å²) in [6, 6.07) is 17.8. The molecule has 2 aromatic carbocycles. The van der Waals surface area contributed by atoms with Crippen molar-refractivity contribution in [1.82, 2.24) is 9.29 Å². The second kappa shape index (κ2) is 10.3. The van der Waals surface area contributed by atoms with Crippen molar-refractivity contribution in [2.45, 2.75) is 44.2 Å². The zero-order chi connectivity index (χ0) is 24.9. The lowest BCUT2D eigenvalue weighted by atomic mass is 9.87. The van der Waals surface area contributed by atoms with Crippen LogP contribution in [0.25, 0.3) is 0 Å². The third-order valence-corrected chi connectivity index (χ3v) is 7.02. The van der Waals surface area contributed by atoms with E-state index in [9.17, 15) is 17.6 Å². The van der Waals surface area contributed by atoms with E-state index in [4.69, 9.17) is 5.11 Å². The smallest absolute Gasteiger partial charge is 0.322 e. The summed E-state index contributed by atoms with van der Waals surface area (Å²) < 4.78 is 42.5. The van der Waals surface area contributed by atoms with Crippen LogP contribution in [0.1, 0.15) is 37.6 Å². The van der Waals surface area contributed by atoms with E-state index >= 15 is 0 Å². The fraction of sp³-hybridized carbons (Fsp3) is 0.280. The van der Waals surface area contributed by atoms with Gasteiger partial charge >= 0.3 is 5.97 Å². The first kappa shape index (κ1) is 25.3. The maximum absolute atomic E-state index is 14.5. The SMILES string of the molecule is CC(C)(C)c1ccc(CN(Cc2cccc(NCC(=O)O)n2)S(=O)(=O)c2ccccc2F)cc1. The van der Waals surface area contributed by atoms with Crippen LogP contribution in [0.3, 0.4) is 0 Å². The predicted octanol–water partition coefficient (Wildman–Crippen LogP) is 4.41. The molecule has 0 bridgehead atoms. The Balaban J connectivity index is 1.95. The fourth-order valence-electron chi connectivity index (χ4n) is 3.35. The van der Waals surface area contributed by atoms with E-state index in [0.29, 0.717) is 11.5 Å². The van der Waals surface area contributed by atoms with E-state index in [-0.39, 0.29) is 25.0 Å². The van der Waals surface area contributed by atoms with Gasteiger partial charge in [0.1, 0.15) is 23.1 Å². The van der Waals surface area contributed by atoms with Crippen molar-refractivity contribution in [2.24, 2.45) is 0 Å². The quantitative estimate of drug-likeness (QED) is 0.466. The zero-order valence-electron chi connectivity index (χ0n) is 19.3. The van der Waals surface area contributed by atoms with Crippen LogP contribution < -0.4 is 5.32 Å². The Morgan fingerprint density at radius 3 is 2.29 bits per heavy atom. The molecule has 0 amide bonds. The van der Waals surface area contributed by atoms with Crippen LogP contribution in [0.2, 0.25) is 0 Å². The number of aliphatic carboxylic acids is 1. The maximum Gasteiger partial charge on any atom is 0.322 e. The van der Waals surface area contributed by atoms with Crippen molar-refractivity contribution in [3.05, 3.63) is 89.4 Å². The molecule has 1 aromatic heterocycles. The predicted molar refractivity (Wildman–Crippen MR) is 128 cm³/mol. The Morgan fingerprint density at radius 2 is 1.68 bits per heavy atom. The average Bonchev–Trinajstić information content (AvgIpc) is 2.77. The van der Waals surface area contributed by atoms with Crippen LogP contribution in [0.15, 0.2) is 71.6 Å². The van der Waals surface area contributed by atoms with Crippen molar-refractivity contribution in [3.63, 3.8) is 0 Å². The minimum atomic E-state index is -4.20. The van der Waals surface area contributed by atoms with Crippen LogP contribution in [0.5, 0.6) is 0 Å². The molecule has 0 fully saturated rings. The number of carboxylic acids is 1. The summed E-state index contributed by atoms with van der Waals surface area (Å²) >= 11 is 0. The van der Waals surface area contributed by atoms with E-state index in [0.717, 1.165) is 17.2 Å². The molecule has 0 saturated heterocycles. The number of anilines is 1. The molecule has 3 aromatic rings. The summed E-state index contributed by atoms with van der Waals surface area (Å²) in [5.74, 6) is -1.58. The molecule has 0 aliphatic carbocycles. The number of pyridine rings is 1. The number of carboxylic acid groups (broad SMARTS) is 1. The first-order valence-electron chi connectivity index (χ1n) is 10.7. The number of hydrogen-bond donors (Lipinski definition) is 2. The van der Waals surface area contributed by atoms with E-state index in [1.807, 2.05) is 24.3 Å². The van der Waals surface area contributed by atoms with Gasteiger partial charge < -0.3 is 10.4 Å². The van der Waals surface area contributed by atoms with Crippen LogP contribution in [0, 0.1) is 5.82 Å². The van der Waals surface area contributed by atoms with E-state index in [1.165, 1.54) is 22.5 Å². The van der Waals surface area contributed by atoms with Crippen LogP contribution in [-0.4, -0.2) is 35.3 Å². The zero-order valence-corrected chi connectivity index (χ0v) is 20.1. The van der Waals surface area contributed by atoms with Crippen molar-refractivity contribution in [1.29, 1.82) is 0 Å². The van der Waals surface area contributed by atoms with Crippen molar-refractivity contribution < 1.29 is 22.7 Å². The van der Waals surface area contributed by atoms with Gasteiger partial charge in [-0.25, -0.2) is 17.8 Å². The fourth-order valence-corrected chi connectivity index (χ4v) is 4.81. The van der Waals surface area contributed by atoms with Crippen molar-refractivity contribution >= 4 is 21.8 Å². The maximum atomic E-state index is 14.5. The Hall–Kier alpha value is -3.30. The van der Waals surface area contributed by atoms with Gasteiger partial charge in [-0.1, -0.05) is 63.2 Å². The normalized spacial score (nSPS) is 12.0. The number of halogens is 1. The minimum absolute atomic E-state index is 0.00948. The molecule has 1 heterocycles. The molecule has 0 aliphatic heterocycles. The van der Waals surface area contributed by atoms with E-state index in [1.54, 1.807) is 18.2 Å². The highest BCUT2D eigenvalue weighted by atomic mass is 32.2. The largest absolute Gasteiger partial charge is 0.480 e. The lowest BCUT2D eigenvalue weighted by Crippen LogP contribution is -2.31. The Kier molecular flexibility index (Phi) is 7.68. The monoisotopic (exact) mass is 485 g/mol. The number of sulfonamides is 1. The van der Waals surface area contributed by atoms with Crippen LogP contribution in [-0.2, 0) is 33.3 Å². The lowest BCUT2D eigenvalue weighted by Gasteiger charge is -2.24. The van der Waals surface area contributed by atoms with Crippen LogP contribution >= 0.6 is 0 Å². The molecular weight excluding hydrogens is 457 g/mol. The molecule has 3 rings (SSSR count). The van der Waals surface area contributed by atoms with Gasteiger partial charge in [0.15, 0.2) is 0 Å². The number of benzene rings is 2. The van der Waals surface area contributed by atoms with E-state index in [2.05, 4.69) is 31.1 Å². The number of rotatable bonds is 9. The Bertz CT molecular complexity index is 1260.